The number of hydrogen-bond donors (Lipinski definition) is 0. The van der Waals surface area contributed by atoms with Crippen LogP contribution in [0.2, 0.25) is 0 Å². The van der Waals surface area contributed by atoms with E-state index >= 15 is 0 Å². The van der Waals surface area contributed by atoms with Gasteiger partial charge in [-0.15, -0.1) is 0 Å². The average Bonchev–Trinajstić information content (AvgIpc) is 2.52. The zero-order valence-corrected chi connectivity index (χ0v) is 13.9. The van der Waals surface area contributed by atoms with Crippen molar-refractivity contribution in [1.29, 1.82) is 0 Å². The predicted molar refractivity (Wildman–Crippen MR) is 89.1 cm³/mol. The molecule has 0 radical (unpaired) electrons. The van der Waals surface area contributed by atoms with E-state index in [-0.39, 0.29) is 6.61 Å². The fourth-order valence-corrected chi connectivity index (χ4v) is 2.39. The zero-order chi connectivity index (χ0) is 17.6. The van der Waals surface area contributed by atoms with E-state index in [0.717, 1.165) is 31.5 Å². The first-order chi connectivity index (χ1) is 11.3. The molecule has 0 spiro atoms. The monoisotopic (exact) mass is 337 g/mol. The number of benzene rings is 2. The molecule has 2 aromatic carbocycles. The number of halogens is 3. The topological polar surface area (TPSA) is 12.5 Å². The van der Waals surface area contributed by atoms with Crippen molar-refractivity contribution < 1.29 is 17.9 Å². The highest BCUT2D eigenvalue weighted by Crippen LogP contribution is 2.29. The molecule has 0 N–H and O–H groups in total. The highest BCUT2D eigenvalue weighted by atomic mass is 19.4. The summed E-state index contributed by atoms with van der Waals surface area (Å²) in [6.45, 7) is 1.13. The van der Waals surface area contributed by atoms with E-state index < -0.39 is 11.7 Å². The second kappa shape index (κ2) is 8.20. The summed E-state index contributed by atoms with van der Waals surface area (Å²) < 4.78 is 43.8. The number of rotatable bonds is 7. The Kier molecular flexibility index (Phi) is 6.26. The van der Waals surface area contributed by atoms with Crippen molar-refractivity contribution in [3.05, 3.63) is 65.2 Å². The van der Waals surface area contributed by atoms with Gasteiger partial charge in [-0.05, 0) is 68.9 Å². The maximum absolute atomic E-state index is 12.7. The molecule has 2 aromatic rings. The molecule has 0 fully saturated rings. The van der Waals surface area contributed by atoms with Gasteiger partial charge >= 0.3 is 6.18 Å². The van der Waals surface area contributed by atoms with E-state index in [1.807, 2.05) is 38.4 Å². The third kappa shape index (κ3) is 5.89. The van der Waals surface area contributed by atoms with Gasteiger partial charge in [-0.1, -0.05) is 24.3 Å². The van der Waals surface area contributed by atoms with Gasteiger partial charge in [-0.3, -0.25) is 0 Å². The summed E-state index contributed by atoms with van der Waals surface area (Å²) in [6.07, 6.45) is -2.34. The van der Waals surface area contributed by atoms with E-state index in [9.17, 15) is 13.2 Å². The Morgan fingerprint density at radius 2 is 1.67 bits per heavy atom. The molecule has 0 saturated heterocycles. The molecule has 5 heteroatoms. The second-order valence-corrected chi connectivity index (χ2v) is 6.04. The van der Waals surface area contributed by atoms with E-state index in [1.165, 1.54) is 11.6 Å². The van der Waals surface area contributed by atoms with Gasteiger partial charge in [-0.25, -0.2) is 0 Å². The Labute approximate surface area is 140 Å². The smallest absolute Gasteiger partial charge is 0.416 e. The lowest BCUT2D eigenvalue weighted by atomic mass is 10.1. The molecular weight excluding hydrogens is 315 g/mol. The standard InChI is InChI=1S/C19H22F3NO/c1-23(2)11-5-8-15-6-4-10-18(13-15)24-14-16-7-3-9-17(12-16)19(20,21)22/h3-4,6-7,9-10,12-13H,5,8,11,14H2,1-2H3. The minimum absolute atomic E-state index is 0.116. The molecule has 0 atom stereocenters. The summed E-state index contributed by atoms with van der Waals surface area (Å²) >= 11 is 0. The van der Waals surface area contributed by atoms with Crippen LogP contribution in [0.1, 0.15) is 23.1 Å². The van der Waals surface area contributed by atoms with Gasteiger partial charge in [0.15, 0.2) is 0 Å². The first-order valence-corrected chi connectivity index (χ1v) is 7.87. The molecule has 2 nitrogen and oxygen atoms in total. The summed E-state index contributed by atoms with van der Waals surface area (Å²) in [5.41, 5.74) is 1.02. The first-order valence-electron chi connectivity index (χ1n) is 7.87. The number of ether oxygens (including phenoxy) is 1. The summed E-state index contributed by atoms with van der Waals surface area (Å²) in [5, 5.41) is 0. The highest BCUT2D eigenvalue weighted by molar-refractivity contribution is 5.30. The van der Waals surface area contributed by atoms with Crippen LogP contribution in [-0.4, -0.2) is 25.5 Å². The molecule has 0 aromatic heterocycles. The van der Waals surface area contributed by atoms with Gasteiger partial charge in [0.2, 0.25) is 0 Å². The van der Waals surface area contributed by atoms with Crippen LogP contribution in [0.4, 0.5) is 13.2 Å². The lowest BCUT2D eigenvalue weighted by Gasteiger charge is -2.11. The van der Waals surface area contributed by atoms with Gasteiger partial charge in [0.05, 0.1) is 5.56 Å². The molecule has 0 aliphatic carbocycles. The molecule has 130 valence electrons. The maximum atomic E-state index is 12.7. The zero-order valence-electron chi connectivity index (χ0n) is 13.9. The lowest BCUT2D eigenvalue weighted by molar-refractivity contribution is -0.137. The van der Waals surface area contributed by atoms with Crippen LogP contribution >= 0.6 is 0 Å². The summed E-state index contributed by atoms with van der Waals surface area (Å²) in [7, 11) is 4.07. The number of alkyl halides is 3. The van der Waals surface area contributed by atoms with Crippen molar-refractivity contribution in [3.63, 3.8) is 0 Å². The highest BCUT2D eigenvalue weighted by Gasteiger charge is 2.30. The number of hydrogen-bond acceptors (Lipinski definition) is 2. The normalized spacial score (nSPS) is 11.8. The van der Waals surface area contributed by atoms with E-state index in [4.69, 9.17) is 4.74 Å². The Bertz CT molecular complexity index is 653. The average molecular weight is 337 g/mol. The third-order valence-corrected chi connectivity index (χ3v) is 3.63. The second-order valence-electron chi connectivity index (χ2n) is 6.04. The van der Waals surface area contributed by atoms with Crippen LogP contribution in [0.5, 0.6) is 5.75 Å². The molecule has 0 aliphatic rings. The molecule has 0 unspecified atom stereocenters. The summed E-state index contributed by atoms with van der Waals surface area (Å²) in [4.78, 5) is 2.13. The predicted octanol–water partition coefficient (Wildman–Crippen LogP) is 4.78. The fraction of sp³-hybridized carbons (Fsp3) is 0.368. The maximum Gasteiger partial charge on any atom is 0.416 e. The Hall–Kier alpha value is -2.01. The Morgan fingerprint density at radius 3 is 2.38 bits per heavy atom. The summed E-state index contributed by atoms with van der Waals surface area (Å²) in [5.74, 6) is 0.676. The van der Waals surface area contributed by atoms with Gasteiger partial charge in [0, 0.05) is 0 Å². The van der Waals surface area contributed by atoms with Crippen molar-refractivity contribution in [2.45, 2.75) is 25.6 Å². The summed E-state index contributed by atoms with van der Waals surface area (Å²) in [6, 6.07) is 12.9. The molecular formula is C19H22F3NO. The van der Waals surface area contributed by atoms with Crippen LogP contribution in [0, 0.1) is 0 Å². The van der Waals surface area contributed by atoms with E-state index in [0.29, 0.717) is 11.3 Å². The van der Waals surface area contributed by atoms with Crippen molar-refractivity contribution in [3.8, 4) is 5.75 Å². The molecule has 0 amide bonds. The van der Waals surface area contributed by atoms with Gasteiger partial charge in [0.1, 0.15) is 12.4 Å². The van der Waals surface area contributed by atoms with Crippen molar-refractivity contribution in [2.75, 3.05) is 20.6 Å². The van der Waals surface area contributed by atoms with E-state index in [1.54, 1.807) is 6.07 Å². The van der Waals surface area contributed by atoms with Gasteiger partial charge < -0.3 is 9.64 Å². The van der Waals surface area contributed by atoms with Crippen molar-refractivity contribution in [2.24, 2.45) is 0 Å². The Balaban J connectivity index is 1.95. The minimum atomic E-state index is -4.33. The molecule has 0 aliphatic heterocycles. The van der Waals surface area contributed by atoms with Gasteiger partial charge in [-0.2, -0.15) is 13.2 Å². The minimum Gasteiger partial charge on any atom is -0.489 e. The molecule has 2 rings (SSSR count). The molecule has 0 bridgehead atoms. The molecule has 0 heterocycles. The molecule has 0 saturated carbocycles. The Morgan fingerprint density at radius 1 is 0.958 bits per heavy atom. The van der Waals surface area contributed by atoms with Crippen LogP contribution < -0.4 is 4.74 Å². The van der Waals surface area contributed by atoms with Crippen molar-refractivity contribution >= 4 is 0 Å². The third-order valence-electron chi connectivity index (χ3n) is 3.63. The van der Waals surface area contributed by atoms with Crippen LogP contribution in [0.3, 0.4) is 0 Å². The molecule has 24 heavy (non-hydrogen) atoms. The lowest BCUT2D eigenvalue weighted by Crippen LogP contribution is -2.13. The van der Waals surface area contributed by atoms with Crippen LogP contribution in [-0.2, 0) is 19.2 Å². The number of nitrogens with zero attached hydrogens (tertiary/aromatic N) is 1. The SMILES string of the molecule is CN(C)CCCc1cccc(OCc2cccc(C(F)(F)F)c2)c1. The quantitative estimate of drug-likeness (QED) is 0.721. The van der Waals surface area contributed by atoms with Crippen LogP contribution in [0.15, 0.2) is 48.5 Å². The fourth-order valence-electron chi connectivity index (χ4n) is 2.39. The van der Waals surface area contributed by atoms with Gasteiger partial charge in [0.25, 0.3) is 0 Å². The van der Waals surface area contributed by atoms with Crippen LogP contribution in [0.25, 0.3) is 0 Å². The first kappa shape index (κ1) is 18.3. The van der Waals surface area contributed by atoms with Crippen molar-refractivity contribution in [1.82, 2.24) is 4.90 Å². The van der Waals surface area contributed by atoms with E-state index in [2.05, 4.69) is 4.90 Å². The number of aryl methyl sites for hydroxylation is 1. The largest absolute Gasteiger partial charge is 0.489 e.